The Morgan fingerprint density at radius 1 is 1.19 bits per heavy atom. The van der Waals surface area contributed by atoms with Crippen LogP contribution in [0.25, 0.3) is 21.6 Å². The van der Waals surface area contributed by atoms with E-state index >= 15 is 0 Å². The van der Waals surface area contributed by atoms with E-state index in [2.05, 4.69) is 9.97 Å². The summed E-state index contributed by atoms with van der Waals surface area (Å²) >= 11 is 1.17. The molecule has 0 spiro atoms. The predicted molar refractivity (Wildman–Crippen MR) is 102 cm³/mol. The van der Waals surface area contributed by atoms with E-state index in [4.69, 9.17) is 4.74 Å². The van der Waals surface area contributed by atoms with Crippen molar-refractivity contribution in [3.63, 3.8) is 0 Å². The van der Waals surface area contributed by atoms with Gasteiger partial charge in [0.25, 0.3) is 0 Å². The quantitative estimate of drug-likeness (QED) is 0.529. The number of nitrogens with one attached hydrogen (secondary N) is 1. The standard InChI is InChI=1S/C20H16N2O3S/c1-12-18(20(23)24)26-19(21-12)17-10-14-9-15(7-8-16(14)22-17)25-11-13-5-3-2-4-6-13/h2-10,22H,11H2,1H3,(H,23,24). The molecule has 0 aliphatic rings. The van der Waals surface area contributed by atoms with Crippen molar-refractivity contribution < 1.29 is 14.6 Å². The maximum atomic E-state index is 11.2. The minimum atomic E-state index is -0.945. The number of aromatic nitrogens is 2. The number of aryl methyl sites for hydroxylation is 1. The molecule has 5 nitrogen and oxygen atoms in total. The third kappa shape index (κ3) is 3.19. The first-order valence-electron chi connectivity index (χ1n) is 8.11. The van der Waals surface area contributed by atoms with Crippen molar-refractivity contribution in [3.05, 3.63) is 70.7 Å². The summed E-state index contributed by atoms with van der Waals surface area (Å²) in [6.45, 7) is 2.22. The van der Waals surface area contributed by atoms with E-state index in [-0.39, 0.29) is 4.88 Å². The van der Waals surface area contributed by atoms with Gasteiger partial charge in [-0.05, 0) is 36.8 Å². The molecule has 0 aliphatic carbocycles. The molecule has 2 heterocycles. The van der Waals surface area contributed by atoms with Gasteiger partial charge >= 0.3 is 5.97 Å². The number of H-pyrrole nitrogens is 1. The number of benzene rings is 2. The highest BCUT2D eigenvalue weighted by Gasteiger charge is 2.16. The normalized spacial score (nSPS) is 11.0. The Labute approximate surface area is 153 Å². The average molecular weight is 364 g/mol. The van der Waals surface area contributed by atoms with E-state index in [1.165, 1.54) is 11.3 Å². The van der Waals surface area contributed by atoms with E-state index < -0.39 is 5.97 Å². The smallest absolute Gasteiger partial charge is 0.347 e. The number of aromatic carboxylic acids is 1. The number of rotatable bonds is 5. The van der Waals surface area contributed by atoms with Gasteiger partial charge in [-0.3, -0.25) is 0 Å². The molecule has 0 fully saturated rings. The van der Waals surface area contributed by atoms with Crippen molar-refractivity contribution in [2.75, 3.05) is 0 Å². The highest BCUT2D eigenvalue weighted by molar-refractivity contribution is 7.17. The molecule has 6 heteroatoms. The number of nitrogens with zero attached hydrogens (tertiary/aromatic N) is 1. The van der Waals surface area contributed by atoms with Crippen molar-refractivity contribution in [2.45, 2.75) is 13.5 Å². The van der Waals surface area contributed by atoms with Gasteiger partial charge in [-0.1, -0.05) is 30.3 Å². The summed E-state index contributed by atoms with van der Waals surface area (Å²) in [5, 5.41) is 10.9. The lowest BCUT2D eigenvalue weighted by atomic mass is 10.2. The number of hydrogen-bond donors (Lipinski definition) is 2. The van der Waals surface area contributed by atoms with Crippen molar-refractivity contribution in [2.24, 2.45) is 0 Å². The van der Waals surface area contributed by atoms with Crippen LogP contribution in [0.2, 0.25) is 0 Å². The fourth-order valence-corrected chi connectivity index (χ4v) is 3.64. The molecule has 0 saturated heterocycles. The molecule has 2 aromatic carbocycles. The minimum Gasteiger partial charge on any atom is -0.489 e. The summed E-state index contributed by atoms with van der Waals surface area (Å²) in [4.78, 5) is 19.1. The van der Waals surface area contributed by atoms with Crippen LogP contribution in [0.15, 0.2) is 54.6 Å². The Hall–Kier alpha value is -3.12. The number of aromatic amines is 1. The molecule has 2 N–H and O–H groups in total. The van der Waals surface area contributed by atoms with Crippen molar-refractivity contribution in [1.82, 2.24) is 9.97 Å². The molecule has 2 aromatic heterocycles. The van der Waals surface area contributed by atoms with Gasteiger partial charge in [-0.2, -0.15) is 0 Å². The van der Waals surface area contributed by atoms with Gasteiger partial charge in [0.1, 0.15) is 22.2 Å². The largest absolute Gasteiger partial charge is 0.489 e. The number of carboxylic acid groups (broad SMARTS) is 1. The van der Waals surface area contributed by atoms with Gasteiger partial charge < -0.3 is 14.8 Å². The van der Waals surface area contributed by atoms with Crippen LogP contribution in [0.3, 0.4) is 0 Å². The van der Waals surface area contributed by atoms with Gasteiger partial charge in [-0.25, -0.2) is 9.78 Å². The molecular formula is C20H16N2O3S. The van der Waals surface area contributed by atoms with Crippen LogP contribution in [0.1, 0.15) is 20.9 Å². The zero-order valence-corrected chi connectivity index (χ0v) is 14.8. The topological polar surface area (TPSA) is 75.2 Å². The lowest BCUT2D eigenvalue weighted by Crippen LogP contribution is -1.94. The first-order valence-corrected chi connectivity index (χ1v) is 8.92. The Kier molecular flexibility index (Phi) is 4.18. The highest BCUT2D eigenvalue weighted by atomic mass is 32.1. The third-order valence-corrected chi connectivity index (χ3v) is 5.24. The van der Waals surface area contributed by atoms with Crippen molar-refractivity contribution >= 4 is 28.2 Å². The van der Waals surface area contributed by atoms with Gasteiger partial charge in [0.15, 0.2) is 0 Å². The van der Waals surface area contributed by atoms with Crippen LogP contribution in [-0.4, -0.2) is 21.0 Å². The van der Waals surface area contributed by atoms with Crippen molar-refractivity contribution in [1.29, 1.82) is 0 Å². The Balaban J connectivity index is 1.59. The van der Waals surface area contributed by atoms with Gasteiger partial charge in [0.05, 0.1) is 11.4 Å². The molecule has 4 rings (SSSR count). The van der Waals surface area contributed by atoms with Crippen LogP contribution in [-0.2, 0) is 6.61 Å². The molecular weight excluding hydrogens is 348 g/mol. The van der Waals surface area contributed by atoms with Gasteiger partial charge in [0, 0.05) is 10.9 Å². The summed E-state index contributed by atoms with van der Waals surface area (Å²) in [6.07, 6.45) is 0. The fourth-order valence-electron chi connectivity index (χ4n) is 2.77. The zero-order chi connectivity index (χ0) is 18.1. The number of carbonyl (C=O) groups is 1. The highest BCUT2D eigenvalue weighted by Crippen LogP contribution is 2.31. The molecule has 0 radical (unpaired) electrons. The third-order valence-electron chi connectivity index (χ3n) is 4.06. The molecule has 130 valence electrons. The van der Waals surface area contributed by atoms with Crippen LogP contribution >= 0.6 is 11.3 Å². The first kappa shape index (κ1) is 16.4. The number of ether oxygens (including phenoxy) is 1. The Bertz CT molecular complexity index is 1080. The van der Waals surface area contributed by atoms with E-state index in [0.717, 1.165) is 27.9 Å². The predicted octanol–water partition coefficient (Wildman–Crippen LogP) is 4.88. The van der Waals surface area contributed by atoms with Crippen LogP contribution in [0.4, 0.5) is 0 Å². The second-order valence-corrected chi connectivity index (χ2v) is 6.94. The second kappa shape index (κ2) is 6.65. The molecule has 0 aliphatic heterocycles. The number of carboxylic acids is 1. The number of hydrogen-bond acceptors (Lipinski definition) is 4. The van der Waals surface area contributed by atoms with Crippen LogP contribution in [0, 0.1) is 6.92 Å². The van der Waals surface area contributed by atoms with Gasteiger partial charge in [0.2, 0.25) is 0 Å². The molecule has 0 bridgehead atoms. The second-order valence-electron chi connectivity index (χ2n) is 5.95. The summed E-state index contributed by atoms with van der Waals surface area (Å²) < 4.78 is 5.87. The summed E-state index contributed by atoms with van der Waals surface area (Å²) in [5.41, 5.74) is 3.41. The number of fused-ring (bicyclic) bond motifs is 1. The first-order chi connectivity index (χ1) is 12.6. The average Bonchev–Trinajstić information content (AvgIpc) is 3.23. The maximum Gasteiger partial charge on any atom is 0.347 e. The monoisotopic (exact) mass is 364 g/mol. The maximum absolute atomic E-state index is 11.2. The van der Waals surface area contributed by atoms with Crippen LogP contribution in [0.5, 0.6) is 5.75 Å². The van der Waals surface area contributed by atoms with E-state index in [1.54, 1.807) is 6.92 Å². The summed E-state index contributed by atoms with van der Waals surface area (Å²) in [5.74, 6) is -0.160. The molecule has 0 unspecified atom stereocenters. The molecule has 0 amide bonds. The number of thiazole rings is 1. The van der Waals surface area contributed by atoms with Crippen molar-refractivity contribution in [3.8, 4) is 16.5 Å². The van der Waals surface area contributed by atoms with E-state index in [0.29, 0.717) is 17.3 Å². The zero-order valence-electron chi connectivity index (χ0n) is 14.0. The minimum absolute atomic E-state index is 0.269. The molecule has 0 atom stereocenters. The fraction of sp³-hybridized carbons (Fsp3) is 0.100. The van der Waals surface area contributed by atoms with Crippen LogP contribution < -0.4 is 4.74 Å². The Morgan fingerprint density at radius 3 is 2.73 bits per heavy atom. The van der Waals surface area contributed by atoms with E-state index in [9.17, 15) is 9.90 Å². The Morgan fingerprint density at radius 2 is 2.00 bits per heavy atom. The van der Waals surface area contributed by atoms with E-state index in [1.807, 2.05) is 54.6 Å². The SMILES string of the molecule is Cc1nc(-c2cc3cc(OCc4ccccc4)ccc3[nH]2)sc1C(=O)O. The molecule has 0 saturated carbocycles. The molecule has 26 heavy (non-hydrogen) atoms. The molecule has 4 aromatic rings. The summed E-state index contributed by atoms with van der Waals surface area (Å²) in [7, 11) is 0. The van der Waals surface area contributed by atoms with Gasteiger partial charge in [-0.15, -0.1) is 11.3 Å². The lowest BCUT2D eigenvalue weighted by Gasteiger charge is -2.06. The lowest BCUT2D eigenvalue weighted by molar-refractivity contribution is 0.0701. The summed E-state index contributed by atoms with van der Waals surface area (Å²) in [6, 6.07) is 17.8.